The summed E-state index contributed by atoms with van der Waals surface area (Å²) in [5, 5.41) is 0. The summed E-state index contributed by atoms with van der Waals surface area (Å²) in [5.41, 5.74) is 12.7. The van der Waals surface area contributed by atoms with Crippen molar-refractivity contribution in [2.24, 2.45) is 5.73 Å². The maximum atomic E-state index is 6.06. The number of nitrogens with two attached hydrogens (primary N) is 1. The zero-order valence-electron chi connectivity index (χ0n) is 13.5. The molecule has 0 amide bonds. The molecule has 0 fully saturated rings. The largest absolute Gasteiger partial charge is 0.454 e. The quantitative estimate of drug-likeness (QED) is 0.937. The third-order valence-corrected chi connectivity index (χ3v) is 4.44. The van der Waals surface area contributed by atoms with Crippen LogP contribution < -0.4 is 15.2 Å². The SMILES string of the molecule is Cc1cc(C)c(CC(CN)c2ccc3c(c2)OCO3)c(C)c1. The van der Waals surface area contributed by atoms with Crippen molar-refractivity contribution in [3.8, 4) is 11.5 Å². The lowest BCUT2D eigenvalue weighted by atomic mass is 9.87. The molecule has 116 valence electrons. The van der Waals surface area contributed by atoms with E-state index in [0.717, 1.165) is 17.9 Å². The highest BCUT2D eigenvalue weighted by molar-refractivity contribution is 5.46. The summed E-state index contributed by atoms with van der Waals surface area (Å²) in [6.45, 7) is 7.43. The molecule has 0 spiro atoms. The minimum Gasteiger partial charge on any atom is -0.454 e. The number of hydrogen-bond acceptors (Lipinski definition) is 3. The molecular weight excluding hydrogens is 274 g/mol. The molecule has 0 aromatic heterocycles. The summed E-state index contributed by atoms with van der Waals surface area (Å²) in [6, 6.07) is 10.6. The molecule has 1 heterocycles. The van der Waals surface area contributed by atoms with Crippen LogP contribution >= 0.6 is 0 Å². The molecule has 0 aliphatic carbocycles. The van der Waals surface area contributed by atoms with Gasteiger partial charge in [0, 0.05) is 5.92 Å². The highest BCUT2D eigenvalue weighted by Crippen LogP contribution is 2.35. The van der Waals surface area contributed by atoms with Crippen LogP contribution in [0.25, 0.3) is 0 Å². The molecule has 1 atom stereocenters. The van der Waals surface area contributed by atoms with Crippen LogP contribution in [0.2, 0.25) is 0 Å². The second-order valence-electron chi connectivity index (χ2n) is 6.13. The van der Waals surface area contributed by atoms with Crippen molar-refractivity contribution >= 4 is 0 Å². The minimum atomic E-state index is 0.287. The van der Waals surface area contributed by atoms with Gasteiger partial charge in [0.1, 0.15) is 0 Å². The van der Waals surface area contributed by atoms with Gasteiger partial charge in [-0.2, -0.15) is 0 Å². The number of aryl methyl sites for hydroxylation is 3. The molecule has 3 nitrogen and oxygen atoms in total. The molecule has 0 bridgehead atoms. The van der Waals surface area contributed by atoms with Crippen molar-refractivity contribution in [1.29, 1.82) is 0 Å². The number of rotatable bonds is 4. The van der Waals surface area contributed by atoms with Gasteiger partial charge in [0.25, 0.3) is 0 Å². The van der Waals surface area contributed by atoms with Gasteiger partial charge in [0.15, 0.2) is 11.5 Å². The zero-order valence-corrected chi connectivity index (χ0v) is 13.5. The maximum absolute atomic E-state index is 6.06. The van der Waals surface area contributed by atoms with Crippen molar-refractivity contribution in [3.63, 3.8) is 0 Å². The number of hydrogen-bond donors (Lipinski definition) is 1. The molecule has 1 aliphatic heterocycles. The van der Waals surface area contributed by atoms with Crippen molar-refractivity contribution in [2.75, 3.05) is 13.3 Å². The van der Waals surface area contributed by atoms with Gasteiger partial charge in [0.2, 0.25) is 6.79 Å². The van der Waals surface area contributed by atoms with Gasteiger partial charge < -0.3 is 15.2 Å². The summed E-state index contributed by atoms with van der Waals surface area (Å²) >= 11 is 0. The van der Waals surface area contributed by atoms with Crippen LogP contribution in [-0.2, 0) is 6.42 Å². The van der Waals surface area contributed by atoms with Crippen molar-refractivity contribution in [1.82, 2.24) is 0 Å². The second kappa shape index (κ2) is 6.01. The van der Waals surface area contributed by atoms with Gasteiger partial charge in [-0.05, 0) is 68.1 Å². The minimum absolute atomic E-state index is 0.287. The normalized spacial score (nSPS) is 14.2. The number of fused-ring (bicyclic) bond motifs is 1. The number of ether oxygens (including phenoxy) is 2. The monoisotopic (exact) mass is 297 g/mol. The fraction of sp³-hybridized carbons (Fsp3) is 0.368. The molecule has 1 unspecified atom stereocenters. The van der Waals surface area contributed by atoms with Crippen molar-refractivity contribution in [3.05, 3.63) is 58.1 Å². The third-order valence-electron chi connectivity index (χ3n) is 4.44. The number of benzene rings is 2. The van der Waals surface area contributed by atoms with E-state index in [9.17, 15) is 0 Å². The van der Waals surface area contributed by atoms with Crippen LogP contribution in [0.1, 0.15) is 33.7 Å². The average Bonchev–Trinajstić information content (AvgIpc) is 2.94. The molecule has 1 aliphatic rings. The van der Waals surface area contributed by atoms with E-state index in [1.165, 1.54) is 27.8 Å². The Hall–Kier alpha value is -2.00. The Morgan fingerprint density at radius 2 is 1.68 bits per heavy atom. The van der Waals surface area contributed by atoms with Gasteiger partial charge in [-0.3, -0.25) is 0 Å². The molecule has 0 radical (unpaired) electrons. The van der Waals surface area contributed by atoms with Gasteiger partial charge in [-0.25, -0.2) is 0 Å². The van der Waals surface area contributed by atoms with Gasteiger partial charge in [-0.1, -0.05) is 23.8 Å². The first kappa shape index (κ1) is 14.9. The second-order valence-corrected chi connectivity index (χ2v) is 6.13. The Balaban J connectivity index is 1.89. The van der Waals surface area contributed by atoms with Gasteiger partial charge in [0.05, 0.1) is 0 Å². The fourth-order valence-electron chi connectivity index (χ4n) is 3.28. The highest BCUT2D eigenvalue weighted by Gasteiger charge is 2.19. The smallest absolute Gasteiger partial charge is 0.231 e. The summed E-state index contributed by atoms with van der Waals surface area (Å²) in [4.78, 5) is 0. The molecular formula is C19H23NO2. The van der Waals surface area contributed by atoms with E-state index in [2.05, 4.69) is 45.0 Å². The summed E-state index contributed by atoms with van der Waals surface area (Å²) in [7, 11) is 0. The zero-order chi connectivity index (χ0) is 15.7. The first-order valence-electron chi connectivity index (χ1n) is 7.75. The van der Waals surface area contributed by atoms with Crippen LogP contribution in [0.15, 0.2) is 30.3 Å². The van der Waals surface area contributed by atoms with Gasteiger partial charge >= 0.3 is 0 Å². The first-order chi connectivity index (χ1) is 10.6. The van der Waals surface area contributed by atoms with Crippen LogP contribution in [0, 0.1) is 20.8 Å². The Labute approximate surface area is 132 Å². The molecule has 22 heavy (non-hydrogen) atoms. The molecule has 3 rings (SSSR count). The molecule has 0 saturated carbocycles. The Morgan fingerprint density at radius 1 is 1.00 bits per heavy atom. The summed E-state index contributed by atoms with van der Waals surface area (Å²) < 4.78 is 10.9. The molecule has 2 N–H and O–H groups in total. The van der Waals surface area contributed by atoms with Crippen LogP contribution in [0.5, 0.6) is 11.5 Å². The van der Waals surface area contributed by atoms with Crippen LogP contribution in [0.3, 0.4) is 0 Å². The topological polar surface area (TPSA) is 44.5 Å². The predicted octanol–water partition coefficient (Wildman–Crippen LogP) is 3.63. The van der Waals surface area contributed by atoms with E-state index in [1.54, 1.807) is 0 Å². The van der Waals surface area contributed by atoms with Crippen LogP contribution in [0.4, 0.5) is 0 Å². The van der Waals surface area contributed by atoms with Crippen molar-refractivity contribution in [2.45, 2.75) is 33.1 Å². The highest BCUT2D eigenvalue weighted by atomic mass is 16.7. The molecule has 2 aromatic carbocycles. The van der Waals surface area contributed by atoms with E-state index in [0.29, 0.717) is 13.3 Å². The molecule has 0 saturated heterocycles. The van der Waals surface area contributed by atoms with Crippen molar-refractivity contribution < 1.29 is 9.47 Å². The average molecular weight is 297 g/mol. The predicted molar refractivity (Wildman–Crippen MR) is 88.7 cm³/mol. The maximum Gasteiger partial charge on any atom is 0.231 e. The first-order valence-corrected chi connectivity index (χ1v) is 7.75. The Bertz CT molecular complexity index is 671. The standard InChI is InChI=1S/C19H23NO2/c1-12-6-13(2)17(14(3)7-12)8-16(10-20)15-4-5-18-19(9-15)22-11-21-18/h4-7,9,16H,8,10-11,20H2,1-3H3. The van der Waals surface area contributed by atoms with E-state index < -0.39 is 0 Å². The van der Waals surface area contributed by atoms with E-state index in [-0.39, 0.29) is 5.92 Å². The van der Waals surface area contributed by atoms with E-state index in [1.807, 2.05) is 6.07 Å². The summed E-state index contributed by atoms with van der Waals surface area (Å²) in [5.74, 6) is 1.94. The third kappa shape index (κ3) is 2.81. The summed E-state index contributed by atoms with van der Waals surface area (Å²) in [6.07, 6.45) is 0.952. The Kier molecular flexibility index (Phi) is 4.08. The lowest BCUT2D eigenvalue weighted by Crippen LogP contribution is -2.16. The van der Waals surface area contributed by atoms with E-state index in [4.69, 9.17) is 15.2 Å². The molecule has 2 aromatic rings. The van der Waals surface area contributed by atoms with Gasteiger partial charge in [-0.15, -0.1) is 0 Å². The lowest BCUT2D eigenvalue weighted by Gasteiger charge is -2.19. The van der Waals surface area contributed by atoms with E-state index >= 15 is 0 Å². The lowest BCUT2D eigenvalue weighted by molar-refractivity contribution is 0.174. The van der Waals surface area contributed by atoms with Crippen LogP contribution in [-0.4, -0.2) is 13.3 Å². The fourth-order valence-corrected chi connectivity index (χ4v) is 3.28. The molecule has 3 heteroatoms. The Morgan fingerprint density at radius 3 is 2.36 bits per heavy atom.